The summed E-state index contributed by atoms with van der Waals surface area (Å²) in [6.45, 7) is 3.49. The van der Waals surface area contributed by atoms with E-state index in [0.717, 1.165) is 13.8 Å². The molecule has 0 spiro atoms. The first-order chi connectivity index (χ1) is 12.7. The Balaban J connectivity index is 2.34. The molecular formula is C18H21NO8. The summed E-state index contributed by atoms with van der Waals surface area (Å²) in [6, 6.07) is 6.89. The van der Waals surface area contributed by atoms with Crippen LogP contribution >= 0.6 is 0 Å². The summed E-state index contributed by atoms with van der Waals surface area (Å²) < 4.78 is 20.5. The van der Waals surface area contributed by atoms with Crippen LogP contribution in [0.1, 0.15) is 26.3 Å². The number of carbonyl (C=O) groups excluding carboxylic acids is 4. The highest BCUT2D eigenvalue weighted by atomic mass is 16.6. The number of nitrogens with zero attached hydrogens (tertiary/aromatic N) is 1. The van der Waals surface area contributed by atoms with Gasteiger partial charge in [0.25, 0.3) is 5.91 Å². The zero-order valence-electron chi connectivity index (χ0n) is 15.5. The van der Waals surface area contributed by atoms with Crippen molar-refractivity contribution < 1.29 is 38.1 Å². The molecule has 1 fully saturated rings. The molecule has 146 valence electrons. The molecule has 1 aliphatic rings. The first kappa shape index (κ1) is 20.2. The Bertz CT molecular complexity index is 729. The monoisotopic (exact) mass is 379 g/mol. The van der Waals surface area contributed by atoms with Crippen LogP contribution in [0.15, 0.2) is 24.3 Å². The highest BCUT2D eigenvalue weighted by Crippen LogP contribution is 2.29. The normalized spacial score (nSPS) is 21.6. The van der Waals surface area contributed by atoms with Gasteiger partial charge in [-0.05, 0) is 17.7 Å². The van der Waals surface area contributed by atoms with E-state index in [2.05, 4.69) is 0 Å². The average molecular weight is 379 g/mol. The van der Waals surface area contributed by atoms with E-state index in [-0.39, 0.29) is 6.54 Å². The molecule has 1 amide bonds. The number of hydrogen-bond donors (Lipinski definition) is 0. The molecule has 0 bridgehead atoms. The van der Waals surface area contributed by atoms with E-state index in [1.165, 1.54) is 18.9 Å². The maximum absolute atomic E-state index is 12.8. The lowest BCUT2D eigenvalue weighted by Crippen LogP contribution is -2.42. The fourth-order valence-corrected chi connectivity index (χ4v) is 2.76. The van der Waals surface area contributed by atoms with Gasteiger partial charge in [0.2, 0.25) is 18.4 Å². The Morgan fingerprint density at radius 3 is 1.96 bits per heavy atom. The van der Waals surface area contributed by atoms with Gasteiger partial charge in [-0.3, -0.25) is 24.1 Å². The smallest absolute Gasteiger partial charge is 0.304 e. The summed E-state index contributed by atoms with van der Waals surface area (Å²) in [6.07, 6.45) is -3.87. The van der Waals surface area contributed by atoms with E-state index >= 15 is 0 Å². The third-order valence-electron chi connectivity index (χ3n) is 3.81. The topological polar surface area (TPSA) is 108 Å². The van der Waals surface area contributed by atoms with E-state index < -0.39 is 42.3 Å². The molecule has 27 heavy (non-hydrogen) atoms. The highest BCUT2D eigenvalue weighted by molar-refractivity contribution is 5.87. The second-order valence-electron chi connectivity index (χ2n) is 5.92. The van der Waals surface area contributed by atoms with Crippen molar-refractivity contribution in [3.63, 3.8) is 0 Å². The summed E-state index contributed by atoms with van der Waals surface area (Å²) in [4.78, 5) is 48.4. The molecule has 1 saturated heterocycles. The van der Waals surface area contributed by atoms with Gasteiger partial charge in [-0.15, -0.1) is 0 Å². The second-order valence-corrected chi connectivity index (χ2v) is 5.92. The van der Waals surface area contributed by atoms with Crippen LogP contribution in [-0.4, -0.2) is 54.3 Å². The van der Waals surface area contributed by atoms with Crippen LogP contribution in [0, 0.1) is 0 Å². The van der Waals surface area contributed by atoms with Gasteiger partial charge in [-0.1, -0.05) is 12.1 Å². The Kier molecular flexibility index (Phi) is 6.38. The first-order valence-electron chi connectivity index (χ1n) is 8.18. The van der Waals surface area contributed by atoms with Crippen molar-refractivity contribution in [3.05, 3.63) is 29.8 Å². The standard InChI is InChI=1S/C18H21NO8/c1-10(20)25-15-16(26-11(2)21)18(27-12(3)22)19(17(15)23)9-13-5-7-14(24-4)8-6-13/h5-8,15-16,18H,9H2,1-4H3/t15-,16+,18+/m1/s1. The van der Waals surface area contributed by atoms with Gasteiger partial charge in [0.05, 0.1) is 7.11 Å². The molecule has 1 aromatic carbocycles. The molecule has 1 aliphatic heterocycles. The van der Waals surface area contributed by atoms with E-state index in [1.54, 1.807) is 24.3 Å². The number of esters is 3. The van der Waals surface area contributed by atoms with Crippen molar-refractivity contribution in [1.82, 2.24) is 4.90 Å². The van der Waals surface area contributed by atoms with Crippen LogP contribution in [0.4, 0.5) is 0 Å². The molecule has 0 unspecified atom stereocenters. The number of benzene rings is 1. The van der Waals surface area contributed by atoms with Crippen LogP contribution in [0.3, 0.4) is 0 Å². The Morgan fingerprint density at radius 1 is 0.926 bits per heavy atom. The third kappa shape index (κ3) is 4.96. The van der Waals surface area contributed by atoms with Gasteiger partial charge in [-0.25, -0.2) is 0 Å². The third-order valence-corrected chi connectivity index (χ3v) is 3.81. The maximum atomic E-state index is 12.8. The number of ether oxygens (including phenoxy) is 4. The maximum Gasteiger partial charge on any atom is 0.304 e. The van der Waals surface area contributed by atoms with Crippen molar-refractivity contribution in [2.45, 2.75) is 45.8 Å². The van der Waals surface area contributed by atoms with Crippen LogP contribution in [-0.2, 0) is 39.9 Å². The summed E-state index contributed by atoms with van der Waals surface area (Å²) >= 11 is 0. The van der Waals surface area contributed by atoms with Crippen molar-refractivity contribution in [2.24, 2.45) is 0 Å². The minimum atomic E-state index is -1.39. The van der Waals surface area contributed by atoms with Crippen LogP contribution in [0.2, 0.25) is 0 Å². The Labute approximate surface area is 156 Å². The number of amides is 1. The molecule has 1 heterocycles. The fourth-order valence-electron chi connectivity index (χ4n) is 2.76. The van der Waals surface area contributed by atoms with Crippen molar-refractivity contribution >= 4 is 23.8 Å². The first-order valence-corrected chi connectivity index (χ1v) is 8.18. The lowest BCUT2D eigenvalue weighted by atomic mass is 10.2. The molecule has 0 aromatic heterocycles. The summed E-state index contributed by atoms with van der Waals surface area (Å²) in [5.41, 5.74) is 0.714. The van der Waals surface area contributed by atoms with Crippen molar-refractivity contribution in [2.75, 3.05) is 7.11 Å². The van der Waals surface area contributed by atoms with Gasteiger partial charge in [0.1, 0.15) is 5.75 Å². The van der Waals surface area contributed by atoms with Gasteiger partial charge in [0.15, 0.2) is 0 Å². The lowest BCUT2D eigenvalue weighted by molar-refractivity contribution is -0.180. The molecule has 3 atom stereocenters. The van der Waals surface area contributed by atoms with E-state index in [1.807, 2.05) is 0 Å². The Hall–Kier alpha value is -3.10. The number of hydrogen-bond acceptors (Lipinski definition) is 8. The molecule has 2 rings (SSSR count). The van der Waals surface area contributed by atoms with Crippen molar-refractivity contribution in [1.29, 1.82) is 0 Å². The quantitative estimate of drug-likeness (QED) is 0.527. The van der Waals surface area contributed by atoms with E-state index in [4.69, 9.17) is 18.9 Å². The molecule has 0 radical (unpaired) electrons. The molecule has 0 N–H and O–H groups in total. The van der Waals surface area contributed by atoms with Gasteiger partial charge >= 0.3 is 17.9 Å². The summed E-state index contributed by atoms with van der Waals surface area (Å²) in [7, 11) is 1.53. The minimum Gasteiger partial charge on any atom is -0.497 e. The van der Waals surface area contributed by atoms with E-state index in [9.17, 15) is 19.2 Å². The number of rotatable bonds is 6. The van der Waals surface area contributed by atoms with Gasteiger partial charge in [-0.2, -0.15) is 0 Å². The van der Waals surface area contributed by atoms with Crippen LogP contribution < -0.4 is 4.74 Å². The summed E-state index contributed by atoms with van der Waals surface area (Å²) in [5, 5.41) is 0. The minimum absolute atomic E-state index is 0.0519. The molecule has 0 aliphatic carbocycles. The molecule has 9 heteroatoms. The second kappa shape index (κ2) is 8.52. The number of methoxy groups -OCH3 is 1. The average Bonchev–Trinajstić information content (AvgIpc) is 2.80. The van der Waals surface area contributed by atoms with Gasteiger partial charge < -0.3 is 18.9 Å². The fraction of sp³-hybridized carbons (Fsp3) is 0.444. The highest BCUT2D eigenvalue weighted by Gasteiger charge is 2.54. The molecular weight excluding hydrogens is 358 g/mol. The van der Waals surface area contributed by atoms with E-state index in [0.29, 0.717) is 11.3 Å². The van der Waals surface area contributed by atoms with Gasteiger partial charge in [0, 0.05) is 27.3 Å². The predicted molar refractivity (Wildman–Crippen MR) is 90.2 cm³/mol. The molecule has 9 nitrogen and oxygen atoms in total. The predicted octanol–water partition coefficient (Wildman–Crippen LogP) is 0.790. The van der Waals surface area contributed by atoms with Crippen LogP contribution in [0.25, 0.3) is 0 Å². The number of carbonyl (C=O) groups is 4. The van der Waals surface area contributed by atoms with Crippen molar-refractivity contribution in [3.8, 4) is 5.75 Å². The lowest BCUT2D eigenvalue weighted by Gasteiger charge is -2.26. The van der Waals surface area contributed by atoms with Crippen LogP contribution in [0.5, 0.6) is 5.75 Å². The summed E-state index contributed by atoms with van der Waals surface area (Å²) in [5.74, 6) is -2.09. The zero-order valence-corrected chi connectivity index (χ0v) is 15.5. The molecule has 1 aromatic rings. The zero-order chi connectivity index (χ0) is 20.1. The number of likely N-dealkylation sites (tertiary alicyclic amines) is 1. The SMILES string of the molecule is COc1ccc(CN2C(=O)[C@H](OC(C)=O)[C@H](OC(C)=O)[C@@H]2OC(C)=O)cc1. The Morgan fingerprint density at radius 2 is 1.48 bits per heavy atom. The molecule has 0 saturated carbocycles. The largest absolute Gasteiger partial charge is 0.497 e.